The van der Waals surface area contributed by atoms with Crippen molar-refractivity contribution in [2.45, 2.75) is 13.2 Å². The fourth-order valence-electron chi connectivity index (χ4n) is 3.12. The lowest BCUT2D eigenvalue weighted by atomic mass is 10.1. The van der Waals surface area contributed by atoms with Gasteiger partial charge >= 0.3 is 0 Å². The summed E-state index contributed by atoms with van der Waals surface area (Å²) in [6, 6.07) is 16.0. The molecule has 0 saturated heterocycles. The Morgan fingerprint density at radius 1 is 1.06 bits per heavy atom. The van der Waals surface area contributed by atoms with Gasteiger partial charge in [0.15, 0.2) is 5.75 Å². The van der Waals surface area contributed by atoms with Gasteiger partial charge < -0.3 is 19.5 Å². The van der Waals surface area contributed by atoms with Crippen LogP contribution < -0.4 is 19.5 Å². The van der Waals surface area contributed by atoms with Crippen molar-refractivity contribution in [2.24, 2.45) is 0 Å². The molecule has 1 amide bonds. The van der Waals surface area contributed by atoms with Gasteiger partial charge in [0.05, 0.1) is 24.3 Å². The Hall–Kier alpha value is -3.73. The number of nitrogens with zero attached hydrogens (tertiary/aromatic N) is 1. The van der Waals surface area contributed by atoms with E-state index >= 15 is 0 Å². The van der Waals surface area contributed by atoms with Crippen LogP contribution in [0.3, 0.4) is 0 Å². The number of benzene rings is 3. The molecule has 0 aliphatic rings. The predicted molar refractivity (Wildman–Crippen MR) is 132 cm³/mol. The monoisotopic (exact) mass is 514 g/mol. The van der Waals surface area contributed by atoms with Crippen LogP contribution in [0.15, 0.2) is 60.2 Å². The normalized spacial score (nSPS) is 10.9. The zero-order valence-corrected chi connectivity index (χ0v) is 20.4. The van der Waals surface area contributed by atoms with Crippen LogP contribution >= 0.6 is 23.2 Å². The fraction of sp³-hybridized carbons (Fsp3) is 0.154. The van der Waals surface area contributed by atoms with Gasteiger partial charge in [-0.2, -0.15) is 5.26 Å². The van der Waals surface area contributed by atoms with Gasteiger partial charge in [-0.25, -0.2) is 4.39 Å². The molecule has 0 unspecified atom stereocenters. The smallest absolute Gasteiger partial charge is 0.262 e. The molecule has 0 radical (unpaired) electrons. The van der Waals surface area contributed by atoms with Crippen LogP contribution in [0.4, 0.5) is 4.39 Å². The van der Waals surface area contributed by atoms with E-state index in [0.717, 1.165) is 5.56 Å². The Morgan fingerprint density at radius 2 is 1.74 bits per heavy atom. The van der Waals surface area contributed by atoms with Crippen molar-refractivity contribution in [1.82, 2.24) is 5.32 Å². The van der Waals surface area contributed by atoms with E-state index in [1.807, 2.05) is 6.07 Å². The lowest BCUT2D eigenvalue weighted by Crippen LogP contribution is -2.24. The van der Waals surface area contributed by atoms with Crippen molar-refractivity contribution in [3.05, 3.63) is 92.7 Å². The van der Waals surface area contributed by atoms with Gasteiger partial charge in [0.2, 0.25) is 0 Å². The zero-order valence-electron chi connectivity index (χ0n) is 18.9. The largest absolute Gasteiger partial charge is 0.497 e. The van der Waals surface area contributed by atoms with E-state index in [1.165, 1.54) is 37.5 Å². The third-order valence-corrected chi connectivity index (χ3v) is 5.49. The highest BCUT2D eigenvalue weighted by atomic mass is 35.5. The highest BCUT2D eigenvalue weighted by Crippen LogP contribution is 2.35. The van der Waals surface area contributed by atoms with Crippen LogP contribution in [0.2, 0.25) is 10.0 Å². The highest BCUT2D eigenvalue weighted by Gasteiger charge is 2.14. The van der Waals surface area contributed by atoms with Gasteiger partial charge in [-0.05, 0) is 53.6 Å². The predicted octanol–water partition coefficient (Wildman–Crippen LogP) is 5.95. The highest BCUT2D eigenvalue weighted by molar-refractivity contribution is 6.37. The molecule has 6 nitrogen and oxygen atoms in total. The summed E-state index contributed by atoms with van der Waals surface area (Å²) >= 11 is 12.7. The van der Waals surface area contributed by atoms with Gasteiger partial charge in [-0.3, -0.25) is 4.79 Å². The Kier molecular flexibility index (Phi) is 8.96. The summed E-state index contributed by atoms with van der Waals surface area (Å²) in [6.45, 7) is 0.276. The zero-order chi connectivity index (χ0) is 25.4. The Bertz CT molecular complexity index is 1260. The Labute approximate surface area is 212 Å². The standard InChI is InChI=1S/C26H21Cl2FN2O4/c1-33-21-8-5-18(24(12-21)34-2)14-31-26(32)19(13-30)9-17-10-22(27)25(23(28)11-17)35-15-16-3-6-20(29)7-4-16/h3-12H,14-15H2,1-2H3,(H,31,32)/b19-9+. The number of carbonyl (C=O) groups is 1. The molecule has 0 atom stereocenters. The van der Waals surface area contributed by atoms with Crippen LogP contribution in [0.1, 0.15) is 16.7 Å². The molecular weight excluding hydrogens is 494 g/mol. The second kappa shape index (κ2) is 12.1. The number of ether oxygens (including phenoxy) is 3. The topological polar surface area (TPSA) is 80.6 Å². The minimum Gasteiger partial charge on any atom is -0.497 e. The molecule has 0 saturated carbocycles. The molecule has 0 fully saturated rings. The third kappa shape index (κ3) is 6.89. The lowest BCUT2D eigenvalue weighted by molar-refractivity contribution is -0.117. The average Bonchev–Trinajstić information content (AvgIpc) is 2.86. The number of nitriles is 1. The Morgan fingerprint density at radius 3 is 2.34 bits per heavy atom. The van der Waals surface area contributed by atoms with Crippen molar-refractivity contribution >= 4 is 35.2 Å². The van der Waals surface area contributed by atoms with Crippen LogP contribution in [-0.4, -0.2) is 20.1 Å². The second-order valence-electron chi connectivity index (χ2n) is 7.26. The maximum atomic E-state index is 13.1. The van der Waals surface area contributed by atoms with E-state index in [2.05, 4.69) is 5.32 Å². The summed E-state index contributed by atoms with van der Waals surface area (Å²) in [7, 11) is 3.06. The van der Waals surface area contributed by atoms with E-state index < -0.39 is 5.91 Å². The summed E-state index contributed by atoms with van der Waals surface area (Å²) in [5.41, 5.74) is 1.76. The molecule has 0 aromatic heterocycles. The summed E-state index contributed by atoms with van der Waals surface area (Å²) in [4.78, 5) is 12.6. The van der Waals surface area contributed by atoms with E-state index in [-0.39, 0.29) is 40.3 Å². The first kappa shape index (κ1) is 25.9. The Balaban J connectivity index is 1.71. The van der Waals surface area contributed by atoms with Crippen LogP contribution in [0.25, 0.3) is 6.08 Å². The maximum Gasteiger partial charge on any atom is 0.262 e. The van der Waals surface area contributed by atoms with Gasteiger partial charge in [0.1, 0.15) is 35.6 Å². The maximum absolute atomic E-state index is 13.1. The first-order valence-electron chi connectivity index (χ1n) is 10.3. The van der Waals surface area contributed by atoms with Crippen molar-refractivity contribution in [2.75, 3.05) is 14.2 Å². The number of hydrogen-bond acceptors (Lipinski definition) is 5. The second-order valence-corrected chi connectivity index (χ2v) is 8.07. The van der Waals surface area contributed by atoms with Gasteiger partial charge in [0, 0.05) is 18.2 Å². The lowest BCUT2D eigenvalue weighted by Gasteiger charge is -2.12. The van der Waals surface area contributed by atoms with Crippen LogP contribution in [-0.2, 0) is 17.9 Å². The van der Waals surface area contributed by atoms with Crippen LogP contribution in [0.5, 0.6) is 17.2 Å². The number of nitrogens with one attached hydrogen (secondary N) is 1. The summed E-state index contributed by atoms with van der Waals surface area (Å²) < 4.78 is 29.2. The van der Waals surface area contributed by atoms with Crippen molar-refractivity contribution in [3.63, 3.8) is 0 Å². The van der Waals surface area contributed by atoms with Crippen molar-refractivity contribution in [1.29, 1.82) is 5.26 Å². The quantitative estimate of drug-likeness (QED) is 0.281. The average molecular weight is 515 g/mol. The first-order chi connectivity index (χ1) is 16.8. The van der Waals surface area contributed by atoms with Gasteiger partial charge in [-0.15, -0.1) is 0 Å². The molecule has 0 heterocycles. The van der Waals surface area contributed by atoms with Crippen LogP contribution in [0, 0.1) is 17.1 Å². The molecule has 180 valence electrons. The number of carbonyl (C=O) groups excluding carboxylic acids is 1. The van der Waals surface area contributed by atoms with Gasteiger partial charge in [-0.1, -0.05) is 35.3 Å². The summed E-state index contributed by atoms with van der Waals surface area (Å²) in [6.07, 6.45) is 1.38. The summed E-state index contributed by atoms with van der Waals surface area (Å²) in [5, 5.41) is 12.6. The number of amides is 1. The SMILES string of the molecule is COc1ccc(CNC(=O)/C(C#N)=C/c2cc(Cl)c(OCc3ccc(F)cc3)c(Cl)c2)c(OC)c1. The molecule has 0 spiro atoms. The molecular formula is C26H21Cl2FN2O4. The van der Waals surface area contributed by atoms with Crippen molar-refractivity contribution < 1.29 is 23.4 Å². The molecule has 35 heavy (non-hydrogen) atoms. The molecule has 0 aliphatic carbocycles. The number of methoxy groups -OCH3 is 2. The minimum atomic E-state index is -0.575. The molecule has 3 aromatic rings. The van der Waals surface area contributed by atoms with E-state index in [9.17, 15) is 14.4 Å². The minimum absolute atomic E-state index is 0.135. The molecule has 3 rings (SSSR count). The third-order valence-electron chi connectivity index (χ3n) is 4.93. The molecule has 9 heteroatoms. The fourth-order valence-corrected chi connectivity index (χ4v) is 3.73. The van der Waals surface area contributed by atoms with E-state index in [0.29, 0.717) is 22.6 Å². The molecule has 1 N–H and O–H groups in total. The number of rotatable bonds is 9. The number of hydrogen-bond donors (Lipinski definition) is 1. The van der Waals surface area contributed by atoms with Crippen molar-refractivity contribution in [3.8, 4) is 23.3 Å². The number of halogens is 3. The molecule has 3 aromatic carbocycles. The molecule has 0 bridgehead atoms. The molecule has 0 aliphatic heterocycles. The van der Waals surface area contributed by atoms with Gasteiger partial charge in [0.25, 0.3) is 5.91 Å². The first-order valence-corrected chi connectivity index (χ1v) is 11.1. The van der Waals surface area contributed by atoms with E-state index in [1.54, 1.807) is 37.4 Å². The van der Waals surface area contributed by atoms with E-state index in [4.69, 9.17) is 37.4 Å². The summed E-state index contributed by atoms with van der Waals surface area (Å²) in [5.74, 6) is 0.482.